The highest BCUT2D eigenvalue weighted by atomic mass is 127. The molecule has 2 rings (SSSR count). The van der Waals surface area contributed by atoms with Gasteiger partial charge in [-0.2, -0.15) is 0 Å². The van der Waals surface area contributed by atoms with Crippen LogP contribution in [0.3, 0.4) is 0 Å². The van der Waals surface area contributed by atoms with Crippen molar-refractivity contribution >= 4 is 41.5 Å². The number of halogens is 2. The maximum atomic E-state index is 6.38. The Morgan fingerprint density at radius 2 is 2.07 bits per heavy atom. The summed E-state index contributed by atoms with van der Waals surface area (Å²) < 4.78 is 21.7. The topological polar surface area (TPSA) is 64.6 Å². The number of hydrogen-bond acceptors (Lipinski definition) is 5. The molecule has 0 aliphatic carbocycles. The third kappa shape index (κ3) is 8.28. The zero-order valence-electron chi connectivity index (χ0n) is 18.4. The van der Waals surface area contributed by atoms with Crippen molar-refractivity contribution in [3.63, 3.8) is 0 Å². The molecule has 30 heavy (non-hydrogen) atoms. The minimum Gasteiger partial charge on any atom is -0.493 e. The van der Waals surface area contributed by atoms with Gasteiger partial charge >= 0.3 is 0 Å². The van der Waals surface area contributed by atoms with Crippen LogP contribution in [-0.4, -0.2) is 71.1 Å². The van der Waals surface area contributed by atoms with Crippen LogP contribution in [0.2, 0.25) is 5.02 Å². The molecule has 1 atom stereocenters. The maximum absolute atomic E-state index is 6.38. The molecule has 7 nitrogen and oxygen atoms in total. The second-order valence-corrected chi connectivity index (χ2v) is 7.29. The van der Waals surface area contributed by atoms with E-state index in [4.69, 9.17) is 35.5 Å². The van der Waals surface area contributed by atoms with E-state index in [-0.39, 0.29) is 24.0 Å². The Morgan fingerprint density at radius 3 is 2.73 bits per heavy atom. The average molecular weight is 556 g/mol. The Balaban J connectivity index is 0.00000450. The Hall–Kier alpha value is -0.970. The predicted molar refractivity (Wildman–Crippen MR) is 132 cm³/mol. The number of rotatable bonds is 11. The van der Waals surface area contributed by atoms with Crippen LogP contribution in [0.5, 0.6) is 11.5 Å². The normalized spacial score (nSPS) is 16.4. The summed E-state index contributed by atoms with van der Waals surface area (Å²) in [4.78, 5) is 7.11. The van der Waals surface area contributed by atoms with Gasteiger partial charge in [0.1, 0.15) is 0 Å². The first kappa shape index (κ1) is 27.1. The van der Waals surface area contributed by atoms with Gasteiger partial charge < -0.3 is 29.2 Å². The van der Waals surface area contributed by atoms with Crippen molar-refractivity contribution in [1.29, 1.82) is 0 Å². The van der Waals surface area contributed by atoms with Crippen molar-refractivity contribution in [3.8, 4) is 11.5 Å². The molecule has 0 aromatic heterocycles. The molecule has 1 aliphatic rings. The smallest absolute Gasteiger partial charge is 0.194 e. The zero-order chi connectivity index (χ0) is 21.1. The van der Waals surface area contributed by atoms with Crippen LogP contribution in [0.15, 0.2) is 17.1 Å². The number of guanidine groups is 1. The molecule has 1 aromatic carbocycles. The van der Waals surface area contributed by atoms with Gasteiger partial charge in [-0.3, -0.25) is 0 Å². The van der Waals surface area contributed by atoms with Crippen LogP contribution in [0.4, 0.5) is 0 Å². The predicted octanol–water partition coefficient (Wildman–Crippen LogP) is 3.82. The molecule has 0 bridgehead atoms. The van der Waals surface area contributed by atoms with Crippen molar-refractivity contribution in [2.75, 3.05) is 60.3 Å². The molecule has 0 radical (unpaired) electrons. The fraction of sp³-hybridized carbons (Fsp3) is 0.667. The summed E-state index contributed by atoms with van der Waals surface area (Å²) in [7, 11) is 3.30. The van der Waals surface area contributed by atoms with Crippen LogP contribution in [0.25, 0.3) is 0 Å². The monoisotopic (exact) mass is 555 g/mol. The highest BCUT2D eigenvalue weighted by Crippen LogP contribution is 2.36. The lowest BCUT2D eigenvalue weighted by Gasteiger charge is -2.22. The largest absolute Gasteiger partial charge is 0.493 e. The molecule has 172 valence electrons. The number of benzene rings is 1. The molecule has 0 saturated carbocycles. The van der Waals surface area contributed by atoms with E-state index in [0.29, 0.717) is 48.8 Å². The van der Waals surface area contributed by atoms with Crippen molar-refractivity contribution in [2.24, 2.45) is 10.9 Å². The van der Waals surface area contributed by atoms with Crippen LogP contribution in [0.1, 0.15) is 25.8 Å². The van der Waals surface area contributed by atoms with Gasteiger partial charge in [0.05, 0.1) is 45.1 Å². The van der Waals surface area contributed by atoms with Crippen molar-refractivity contribution in [2.45, 2.75) is 26.8 Å². The second kappa shape index (κ2) is 14.9. The number of nitrogens with zero attached hydrogens (tertiary/aromatic N) is 2. The van der Waals surface area contributed by atoms with Gasteiger partial charge in [0.2, 0.25) is 0 Å². The molecular weight excluding hydrogens is 521 g/mol. The Kier molecular flexibility index (Phi) is 13.5. The quantitative estimate of drug-likeness (QED) is 0.194. The fourth-order valence-corrected chi connectivity index (χ4v) is 3.58. The second-order valence-electron chi connectivity index (χ2n) is 6.88. The summed E-state index contributed by atoms with van der Waals surface area (Å²) in [6.07, 6.45) is 1.10. The van der Waals surface area contributed by atoms with E-state index in [0.717, 1.165) is 44.2 Å². The first-order valence-corrected chi connectivity index (χ1v) is 10.6. The van der Waals surface area contributed by atoms with E-state index in [1.807, 2.05) is 19.1 Å². The van der Waals surface area contributed by atoms with Gasteiger partial charge in [0.15, 0.2) is 17.5 Å². The highest BCUT2D eigenvalue weighted by Gasteiger charge is 2.25. The summed E-state index contributed by atoms with van der Waals surface area (Å²) in [6.45, 7) is 9.79. The lowest BCUT2D eigenvalue weighted by Crippen LogP contribution is -2.40. The Labute approximate surface area is 202 Å². The van der Waals surface area contributed by atoms with Crippen LogP contribution < -0.4 is 14.8 Å². The van der Waals surface area contributed by atoms with Gasteiger partial charge in [0.25, 0.3) is 0 Å². The van der Waals surface area contributed by atoms with Gasteiger partial charge in [-0.1, -0.05) is 11.6 Å². The molecular formula is C21H35ClIN3O4. The fourth-order valence-electron chi connectivity index (χ4n) is 3.29. The van der Waals surface area contributed by atoms with Crippen molar-refractivity contribution in [3.05, 3.63) is 22.7 Å². The summed E-state index contributed by atoms with van der Waals surface area (Å²) in [5.74, 6) is 2.63. The molecule has 1 saturated heterocycles. The number of nitrogens with one attached hydrogen (secondary N) is 1. The van der Waals surface area contributed by atoms with E-state index in [9.17, 15) is 0 Å². The van der Waals surface area contributed by atoms with Gasteiger partial charge in [0, 0.05) is 32.7 Å². The first-order valence-electron chi connectivity index (χ1n) is 10.2. The Bertz CT molecular complexity index is 663. The SMILES string of the molecule is CCNC(=NCc1cc(Cl)c(OCC)c(OC)c1)N1CCC(COCCOC)C1.I. The summed E-state index contributed by atoms with van der Waals surface area (Å²) in [5.41, 5.74) is 0.976. The molecule has 1 N–H and O–H groups in total. The molecule has 1 aliphatic heterocycles. The number of hydrogen-bond donors (Lipinski definition) is 1. The number of aliphatic imine (C=N–C) groups is 1. The van der Waals surface area contributed by atoms with E-state index in [1.54, 1.807) is 14.2 Å². The maximum Gasteiger partial charge on any atom is 0.194 e. The number of ether oxygens (including phenoxy) is 4. The summed E-state index contributed by atoms with van der Waals surface area (Å²) in [5, 5.41) is 3.93. The highest BCUT2D eigenvalue weighted by molar-refractivity contribution is 14.0. The average Bonchev–Trinajstić information content (AvgIpc) is 3.19. The molecule has 0 spiro atoms. The molecule has 1 aromatic rings. The zero-order valence-corrected chi connectivity index (χ0v) is 21.5. The van der Waals surface area contributed by atoms with Crippen LogP contribution in [-0.2, 0) is 16.0 Å². The lowest BCUT2D eigenvalue weighted by atomic mass is 10.1. The first-order chi connectivity index (χ1) is 14.1. The molecule has 1 unspecified atom stereocenters. The molecule has 9 heteroatoms. The third-order valence-corrected chi connectivity index (χ3v) is 4.98. The van der Waals surface area contributed by atoms with Crippen molar-refractivity contribution in [1.82, 2.24) is 10.2 Å². The molecule has 1 fully saturated rings. The third-order valence-electron chi connectivity index (χ3n) is 4.69. The number of methoxy groups -OCH3 is 2. The Morgan fingerprint density at radius 1 is 1.27 bits per heavy atom. The van der Waals surface area contributed by atoms with Gasteiger partial charge in [-0.15, -0.1) is 24.0 Å². The minimum absolute atomic E-state index is 0. The van der Waals surface area contributed by atoms with Crippen molar-refractivity contribution < 1.29 is 18.9 Å². The summed E-state index contributed by atoms with van der Waals surface area (Å²) in [6, 6.07) is 3.82. The lowest BCUT2D eigenvalue weighted by molar-refractivity contribution is 0.0536. The summed E-state index contributed by atoms with van der Waals surface area (Å²) >= 11 is 6.38. The number of likely N-dealkylation sites (tertiary alicyclic amines) is 1. The van der Waals surface area contributed by atoms with E-state index in [1.165, 1.54) is 0 Å². The molecule has 1 heterocycles. The van der Waals surface area contributed by atoms with E-state index < -0.39 is 0 Å². The minimum atomic E-state index is 0. The van der Waals surface area contributed by atoms with Crippen LogP contribution >= 0.6 is 35.6 Å². The standard InChI is InChI=1S/C21H34ClN3O4.HI/c1-5-23-21(25-8-7-16(14-25)15-28-10-9-26-3)24-13-17-11-18(22)20(29-6-2)19(12-17)27-4;/h11-12,16H,5-10,13-15H2,1-4H3,(H,23,24);1H. The van der Waals surface area contributed by atoms with Crippen LogP contribution in [0, 0.1) is 5.92 Å². The van der Waals surface area contributed by atoms with Gasteiger partial charge in [-0.05, 0) is 38.0 Å². The van der Waals surface area contributed by atoms with E-state index >= 15 is 0 Å². The van der Waals surface area contributed by atoms with Gasteiger partial charge in [-0.25, -0.2) is 4.99 Å². The van der Waals surface area contributed by atoms with E-state index in [2.05, 4.69) is 17.1 Å². The molecule has 0 amide bonds.